The molecule has 0 amide bonds. The molecule has 0 aliphatic heterocycles. The maximum absolute atomic E-state index is 5.72. The van der Waals surface area contributed by atoms with E-state index in [9.17, 15) is 0 Å². The number of aryl methyl sites for hydroxylation is 2. The number of pyridine rings is 1. The number of hydrogen-bond donors (Lipinski definition) is 2. The first kappa shape index (κ1) is 17.6. The Morgan fingerprint density at radius 2 is 1.89 bits per heavy atom. The lowest BCUT2D eigenvalue weighted by Crippen LogP contribution is -2.00. The molecule has 0 saturated heterocycles. The maximum atomic E-state index is 5.72. The van der Waals surface area contributed by atoms with E-state index in [4.69, 9.17) is 15.5 Å². The Morgan fingerprint density at radius 3 is 2.70 bits per heavy atom. The number of fused-ring (bicyclic) bond motifs is 2. The van der Waals surface area contributed by atoms with Crippen molar-refractivity contribution in [1.82, 2.24) is 9.97 Å². The first-order valence-electron chi connectivity index (χ1n) is 9.46. The molecular formula is C23H25N3O. The average Bonchev–Trinajstić information content (AvgIpc) is 3.05. The van der Waals surface area contributed by atoms with Crippen molar-refractivity contribution < 1.29 is 4.74 Å². The van der Waals surface area contributed by atoms with Crippen molar-refractivity contribution in [3.05, 3.63) is 59.7 Å². The monoisotopic (exact) mass is 359 g/mol. The summed E-state index contributed by atoms with van der Waals surface area (Å²) in [7, 11) is 1.71. The van der Waals surface area contributed by atoms with Crippen molar-refractivity contribution in [3.63, 3.8) is 0 Å². The Balaban J connectivity index is 1.92. The summed E-state index contributed by atoms with van der Waals surface area (Å²) in [6, 6.07) is 16.7. The molecule has 3 N–H and O–H groups in total. The molecule has 4 aromatic rings. The molecule has 4 nitrogen and oxygen atoms in total. The molecular weight excluding hydrogens is 334 g/mol. The van der Waals surface area contributed by atoms with Gasteiger partial charge in [-0.15, -0.1) is 0 Å². The van der Waals surface area contributed by atoms with Crippen molar-refractivity contribution in [3.8, 4) is 17.1 Å². The summed E-state index contributed by atoms with van der Waals surface area (Å²) in [5, 5.41) is 2.30. The molecule has 4 rings (SSSR count). The number of benzene rings is 2. The standard InChI is InChI=1S/C23H25N3O/c1-15-10-11-20-18(13-15)16(7-5-6-12-24)23(26-20)21-14-22(27-2)17-8-3-4-9-19(17)25-21/h3-4,8-11,13-14,26H,5-7,12,24H2,1-2H3. The topological polar surface area (TPSA) is 63.9 Å². The number of aromatic amines is 1. The molecule has 0 bridgehead atoms. The number of methoxy groups -OCH3 is 1. The highest BCUT2D eigenvalue weighted by molar-refractivity contribution is 5.93. The third kappa shape index (κ3) is 3.28. The summed E-state index contributed by atoms with van der Waals surface area (Å²) in [6.45, 7) is 2.85. The largest absolute Gasteiger partial charge is 0.496 e. The number of para-hydroxylation sites is 1. The Morgan fingerprint density at radius 1 is 1.04 bits per heavy atom. The normalized spacial score (nSPS) is 11.4. The first-order chi connectivity index (χ1) is 13.2. The highest BCUT2D eigenvalue weighted by atomic mass is 16.5. The molecule has 0 saturated carbocycles. The number of hydrogen-bond acceptors (Lipinski definition) is 3. The molecule has 2 heterocycles. The second kappa shape index (κ2) is 7.41. The summed E-state index contributed by atoms with van der Waals surface area (Å²) in [4.78, 5) is 8.53. The van der Waals surface area contributed by atoms with Crippen molar-refractivity contribution in [2.75, 3.05) is 13.7 Å². The van der Waals surface area contributed by atoms with Crippen LogP contribution in [0, 0.1) is 6.92 Å². The van der Waals surface area contributed by atoms with Gasteiger partial charge >= 0.3 is 0 Å². The minimum atomic E-state index is 0.721. The smallest absolute Gasteiger partial charge is 0.130 e. The van der Waals surface area contributed by atoms with E-state index in [1.54, 1.807) is 7.11 Å². The molecule has 4 heteroatoms. The van der Waals surface area contributed by atoms with Crippen molar-refractivity contribution in [2.45, 2.75) is 26.2 Å². The van der Waals surface area contributed by atoms with Crippen LogP contribution in [0.1, 0.15) is 24.0 Å². The van der Waals surface area contributed by atoms with Crippen molar-refractivity contribution in [2.24, 2.45) is 5.73 Å². The molecule has 27 heavy (non-hydrogen) atoms. The van der Waals surface area contributed by atoms with Gasteiger partial charge in [0.2, 0.25) is 0 Å². The number of nitrogens with one attached hydrogen (secondary N) is 1. The van der Waals surface area contributed by atoms with Crippen LogP contribution in [0.15, 0.2) is 48.5 Å². The van der Waals surface area contributed by atoms with Crippen LogP contribution in [0.4, 0.5) is 0 Å². The molecule has 138 valence electrons. The second-order valence-electron chi connectivity index (χ2n) is 7.00. The van der Waals surface area contributed by atoms with Crippen LogP contribution >= 0.6 is 0 Å². The fourth-order valence-electron chi connectivity index (χ4n) is 3.73. The van der Waals surface area contributed by atoms with Gasteiger partial charge < -0.3 is 15.5 Å². The van der Waals surface area contributed by atoms with Crippen LogP contribution in [0.3, 0.4) is 0 Å². The van der Waals surface area contributed by atoms with E-state index in [1.807, 2.05) is 30.3 Å². The van der Waals surface area contributed by atoms with E-state index in [1.165, 1.54) is 16.5 Å². The summed E-state index contributed by atoms with van der Waals surface area (Å²) in [6.07, 6.45) is 3.06. The van der Waals surface area contributed by atoms with Crippen LogP contribution in [-0.4, -0.2) is 23.6 Å². The number of H-pyrrole nitrogens is 1. The predicted octanol–water partition coefficient (Wildman–Crippen LogP) is 4.98. The number of rotatable bonds is 6. The van der Waals surface area contributed by atoms with Gasteiger partial charge in [0.05, 0.1) is 24.0 Å². The van der Waals surface area contributed by atoms with Gasteiger partial charge in [-0.2, -0.15) is 0 Å². The van der Waals surface area contributed by atoms with Crippen LogP contribution in [0.5, 0.6) is 5.75 Å². The van der Waals surface area contributed by atoms with E-state index in [2.05, 4.69) is 30.1 Å². The van der Waals surface area contributed by atoms with Gasteiger partial charge in [0.1, 0.15) is 5.75 Å². The van der Waals surface area contributed by atoms with Gasteiger partial charge in [-0.25, -0.2) is 4.98 Å². The average molecular weight is 359 g/mol. The van der Waals surface area contributed by atoms with Crippen LogP contribution in [0.25, 0.3) is 33.2 Å². The number of ether oxygens (including phenoxy) is 1. The molecule has 0 aliphatic rings. The van der Waals surface area contributed by atoms with Crippen molar-refractivity contribution in [1.29, 1.82) is 0 Å². The van der Waals surface area contributed by atoms with Gasteiger partial charge in [0.25, 0.3) is 0 Å². The van der Waals surface area contributed by atoms with E-state index in [0.717, 1.165) is 59.4 Å². The summed E-state index contributed by atoms with van der Waals surface area (Å²) in [5.74, 6) is 0.846. The molecule has 0 unspecified atom stereocenters. The van der Waals surface area contributed by atoms with Crippen molar-refractivity contribution >= 4 is 21.8 Å². The van der Waals surface area contributed by atoms with E-state index in [-0.39, 0.29) is 0 Å². The zero-order valence-electron chi connectivity index (χ0n) is 15.9. The summed E-state index contributed by atoms with van der Waals surface area (Å²) in [5.41, 5.74) is 12.4. The lowest BCUT2D eigenvalue weighted by Gasteiger charge is -2.10. The molecule has 0 atom stereocenters. The second-order valence-corrected chi connectivity index (χ2v) is 7.00. The Hall–Kier alpha value is -2.85. The number of aromatic nitrogens is 2. The van der Waals surface area contributed by atoms with Gasteiger partial charge in [0, 0.05) is 22.4 Å². The van der Waals surface area contributed by atoms with Gasteiger partial charge in [0.15, 0.2) is 0 Å². The van der Waals surface area contributed by atoms with Crippen LogP contribution in [0.2, 0.25) is 0 Å². The highest BCUT2D eigenvalue weighted by Gasteiger charge is 2.16. The first-order valence-corrected chi connectivity index (χ1v) is 9.46. The van der Waals surface area contributed by atoms with Gasteiger partial charge in [-0.3, -0.25) is 0 Å². The third-order valence-corrected chi connectivity index (χ3v) is 5.10. The molecule has 0 aliphatic carbocycles. The molecule has 0 fully saturated rings. The van der Waals surface area contributed by atoms with E-state index >= 15 is 0 Å². The third-order valence-electron chi connectivity index (χ3n) is 5.10. The fourth-order valence-corrected chi connectivity index (χ4v) is 3.73. The zero-order chi connectivity index (χ0) is 18.8. The minimum Gasteiger partial charge on any atom is -0.496 e. The predicted molar refractivity (Wildman–Crippen MR) is 112 cm³/mol. The number of unbranched alkanes of at least 4 members (excludes halogenated alkanes) is 1. The Labute approximate surface area is 159 Å². The fraction of sp³-hybridized carbons (Fsp3) is 0.261. The SMILES string of the molecule is COc1cc(-c2[nH]c3ccc(C)cc3c2CCCCN)nc2ccccc12. The quantitative estimate of drug-likeness (QED) is 0.477. The van der Waals surface area contributed by atoms with Crippen LogP contribution in [-0.2, 0) is 6.42 Å². The lowest BCUT2D eigenvalue weighted by atomic mass is 10.0. The van der Waals surface area contributed by atoms with Gasteiger partial charge in [-0.05, 0) is 62.6 Å². The van der Waals surface area contributed by atoms with E-state index in [0.29, 0.717) is 0 Å². The number of nitrogens with two attached hydrogens (primary N) is 1. The molecule has 0 radical (unpaired) electrons. The lowest BCUT2D eigenvalue weighted by molar-refractivity contribution is 0.419. The molecule has 0 spiro atoms. The maximum Gasteiger partial charge on any atom is 0.130 e. The number of nitrogens with zero attached hydrogens (tertiary/aromatic N) is 1. The highest BCUT2D eigenvalue weighted by Crippen LogP contribution is 2.35. The minimum absolute atomic E-state index is 0.721. The Kier molecular flexibility index (Phi) is 4.82. The van der Waals surface area contributed by atoms with Gasteiger partial charge in [-0.1, -0.05) is 23.8 Å². The zero-order valence-corrected chi connectivity index (χ0v) is 15.9. The molecule has 2 aromatic carbocycles. The van der Waals surface area contributed by atoms with Crippen LogP contribution < -0.4 is 10.5 Å². The Bertz CT molecular complexity index is 1100. The summed E-state index contributed by atoms with van der Waals surface area (Å²) < 4.78 is 5.65. The summed E-state index contributed by atoms with van der Waals surface area (Å²) >= 11 is 0. The van der Waals surface area contributed by atoms with E-state index < -0.39 is 0 Å². The molecule has 2 aromatic heterocycles.